The molecular formula is C13H19BrN2O. The summed E-state index contributed by atoms with van der Waals surface area (Å²) < 4.78 is 2.90. The Hall–Kier alpha value is -1.03. The zero-order valence-electron chi connectivity index (χ0n) is 10.4. The van der Waals surface area contributed by atoms with Gasteiger partial charge in [0.05, 0.1) is 0 Å². The largest absolute Gasteiger partial charge is 0.343 e. The SMILES string of the molecule is C=CCCCN(C)C(=O)c1cc(Br)cn1CC. The van der Waals surface area contributed by atoms with E-state index in [4.69, 9.17) is 0 Å². The molecule has 0 radical (unpaired) electrons. The van der Waals surface area contributed by atoms with Crippen LogP contribution >= 0.6 is 15.9 Å². The van der Waals surface area contributed by atoms with E-state index < -0.39 is 0 Å². The molecule has 1 amide bonds. The lowest BCUT2D eigenvalue weighted by molar-refractivity contribution is 0.0783. The van der Waals surface area contributed by atoms with Crippen molar-refractivity contribution in [2.45, 2.75) is 26.3 Å². The highest BCUT2D eigenvalue weighted by Crippen LogP contribution is 2.16. The van der Waals surface area contributed by atoms with Crippen LogP contribution in [0.4, 0.5) is 0 Å². The maximum Gasteiger partial charge on any atom is 0.270 e. The molecule has 0 aliphatic carbocycles. The first-order chi connectivity index (χ1) is 8.10. The average Bonchev–Trinajstić information content (AvgIpc) is 2.69. The Labute approximate surface area is 111 Å². The first-order valence-electron chi connectivity index (χ1n) is 5.82. The number of aromatic nitrogens is 1. The molecular weight excluding hydrogens is 280 g/mol. The number of amides is 1. The lowest BCUT2D eigenvalue weighted by Crippen LogP contribution is -2.29. The van der Waals surface area contributed by atoms with Crippen molar-refractivity contribution in [3.05, 3.63) is 35.1 Å². The lowest BCUT2D eigenvalue weighted by Gasteiger charge is -2.17. The number of unbranched alkanes of at least 4 members (excludes halogenated alkanes) is 1. The molecule has 4 heteroatoms. The number of nitrogens with zero attached hydrogens (tertiary/aromatic N) is 2. The fourth-order valence-electron chi connectivity index (χ4n) is 1.69. The van der Waals surface area contributed by atoms with Gasteiger partial charge in [0, 0.05) is 30.8 Å². The van der Waals surface area contributed by atoms with Crippen molar-refractivity contribution in [2.24, 2.45) is 0 Å². The van der Waals surface area contributed by atoms with E-state index in [1.165, 1.54) is 0 Å². The fourth-order valence-corrected chi connectivity index (χ4v) is 2.15. The van der Waals surface area contributed by atoms with Gasteiger partial charge < -0.3 is 9.47 Å². The number of halogens is 1. The third-order valence-electron chi connectivity index (χ3n) is 2.67. The highest BCUT2D eigenvalue weighted by Gasteiger charge is 2.15. The molecule has 17 heavy (non-hydrogen) atoms. The third-order valence-corrected chi connectivity index (χ3v) is 3.11. The molecule has 0 saturated carbocycles. The number of rotatable bonds is 6. The Morgan fingerprint density at radius 1 is 1.65 bits per heavy atom. The van der Waals surface area contributed by atoms with Gasteiger partial charge in [-0.1, -0.05) is 6.08 Å². The number of hydrogen-bond acceptors (Lipinski definition) is 1. The Bertz CT molecular complexity index is 398. The van der Waals surface area contributed by atoms with Crippen LogP contribution in [-0.4, -0.2) is 29.0 Å². The predicted molar refractivity (Wildman–Crippen MR) is 74.2 cm³/mol. The maximum atomic E-state index is 12.2. The van der Waals surface area contributed by atoms with Gasteiger partial charge in [-0.3, -0.25) is 4.79 Å². The zero-order chi connectivity index (χ0) is 12.8. The van der Waals surface area contributed by atoms with Crippen LogP contribution in [0.15, 0.2) is 29.4 Å². The second kappa shape index (κ2) is 6.64. The summed E-state index contributed by atoms with van der Waals surface area (Å²) in [6.45, 7) is 7.27. The Morgan fingerprint density at radius 3 is 2.94 bits per heavy atom. The topological polar surface area (TPSA) is 25.2 Å². The van der Waals surface area contributed by atoms with Crippen molar-refractivity contribution in [3.8, 4) is 0 Å². The number of carbonyl (C=O) groups excluding carboxylic acids is 1. The Kier molecular flexibility index (Phi) is 5.48. The lowest BCUT2D eigenvalue weighted by atomic mass is 10.3. The van der Waals surface area contributed by atoms with E-state index >= 15 is 0 Å². The smallest absolute Gasteiger partial charge is 0.270 e. The van der Waals surface area contributed by atoms with Crippen LogP contribution in [0.5, 0.6) is 0 Å². The van der Waals surface area contributed by atoms with Crippen molar-refractivity contribution in [3.63, 3.8) is 0 Å². The van der Waals surface area contributed by atoms with Crippen molar-refractivity contribution in [2.75, 3.05) is 13.6 Å². The third kappa shape index (κ3) is 3.73. The molecule has 0 aliphatic rings. The fraction of sp³-hybridized carbons (Fsp3) is 0.462. The number of aryl methyl sites for hydroxylation is 1. The molecule has 0 fully saturated rings. The molecule has 1 aromatic rings. The molecule has 94 valence electrons. The predicted octanol–water partition coefficient (Wildman–Crippen LogP) is 3.31. The molecule has 0 N–H and O–H groups in total. The number of hydrogen-bond donors (Lipinski definition) is 0. The van der Waals surface area contributed by atoms with Crippen LogP contribution < -0.4 is 0 Å². The van der Waals surface area contributed by atoms with Gasteiger partial charge in [-0.05, 0) is 41.8 Å². The van der Waals surface area contributed by atoms with E-state index in [-0.39, 0.29) is 5.91 Å². The molecule has 0 bridgehead atoms. The quantitative estimate of drug-likeness (QED) is 0.584. The van der Waals surface area contributed by atoms with E-state index in [9.17, 15) is 4.79 Å². The van der Waals surface area contributed by atoms with Gasteiger partial charge in [0.25, 0.3) is 5.91 Å². The second-order valence-electron chi connectivity index (χ2n) is 3.99. The standard InChI is InChI=1S/C13H19BrN2O/c1-4-6-7-8-15(3)13(17)12-9-11(14)10-16(12)5-2/h4,9-10H,1,5-8H2,2-3H3. The molecule has 0 unspecified atom stereocenters. The van der Waals surface area contributed by atoms with Crippen LogP contribution in [0, 0.1) is 0 Å². The molecule has 0 aromatic carbocycles. The first-order valence-corrected chi connectivity index (χ1v) is 6.61. The van der Waals surface area contributed by atoms with E-state index in [1.807, 2.05) is 36.9 Å². The minimum absolute atomic E-state index is 0.0709. The van der Waals surface area contributed by atoms with E-state index in [1.54, 1.807) is 4.90 Å². The van der Waals surface area contributed by atoms with E-state index in [0.717, 1.165) is 36.1 Å². The normalized spacial score (nSPS) is 10.3. The molecule has 0 aliphatic heterocycles. The van der Waals surface area contributed by atoms with Gasteiger partial charge in [0.1, 0.15) is 5.69 Å². The zero-order valence-corrected chi connectivity index (χ0v) is 12.0. The molecule has 0 spiro atoms. The highest BCUT2D eigenvalue weighted by molar-refractivity contribution is 9.10. The molecule has 3 nitrogen and oxygen atoms in total. The van der Waals surface area contributed by atoms with Gasteiger partial charge in [0.2, 0.25) is 0 Å². The molecule has 0 saturated heterocycles. The van der Waals surface area contributed by atoms with E-state index in [2.05, 4.69) is 22.5 Å². The van der Waals surface area contributed by atoms with Crippen molar-refractivity contribution in [1.29, 1.82) is 0 Å². The summed E-state index contributed by atoms with van der Waals surface area (Å²) in [5.41, 5.74) is 0.737. The van der Waals surface area contributed by atoms with Gasteiger partial charge in [0.15, 0.2) is 0 Å². The van der Waals surface area contributed by atoms with Crippen LogP contribution in [0.3, 0.4) is 0 Å². The summed E-state index contributed by atoms with van der Waals surface area (Å²) in [6.07, 6.45) is 5.71. The summed E-state index contributed by atoms with van der Waals surface area (Å²) in [4.78, 5) is 14.0. The van der Waals surface area contributed by atoms with Crippen molar-refractivity contribution in [1.82, 2.24) is 9.47 Å². The molecule has 1 rings (SSSR count). The van der Waals surface area contributed by atoms with Crippen molar-refractivity contribution >= 4 is 21.8 Å². The maximum absolute atomic E-state index is 12.2. The monoisotopic (exact) mass is 298 g/mol. The van der Waals surface area contributed by atoms with Crippen LogP contribution in [-0.2, 0) is 6.54 Å². The van der Waals surface area contributed by atoms with Gasteiger partial charge in [-0.15, -0.1) is 6.58 Å². The van der Waals surface area contributed by atoms with Gasteiger partial charge >= 0.3 is 0 Å². The summed E-state index contributed by atoms with van der Waals surface area (Å²) in [5, 5.41) is 0. The van der Waals surface area contributed by atoms with E-state index in [0.29, 0.717) is 0 Å². The van der Waals surface area contributed by atoms with Gasteiger partial charge in [-0.25, -0.2) is 0 Å². The van der Waals surface area contributed by atoms with Crippen LogP contribution in [0.1, 0.15) is 30.3 Å². The first kappa shape index (κ1) is 14.0. The number of allylic oxidation sites excluding steroid dienone is 1. The Balaban J connectivity index is 2.70. The summed E-state index contributed by atoms with van der Waals surface area (Å²) in [5.74, 6) is 0.0709. The van der Waals surface area contributed by atoms with Crippen LogP contribution in [0.25, 0.3) is 0 Å². The van der Waals surface area contributed by atoms with Crippen LogP contribution in [0.2, 0.25) is 0 Å². The Morgan fingerprint density at radius 2 is 2.35 bits per heavy atom. The summed E-state index contributed by atoms with van der Waals surface area (Å²) in [7, 11) is 1.84. The number of carbonyl (C=O) groups is 1. The minimum Gasteiger partial charge on any atom is -0.343 e. The second-order valence-corrected chi connectivity index (χ2v) is 4.90. The molecule has 1 aromatic heterocycles. The molecule has 1 heterocycles. The average molecular weight is 299 g/mol. The summed E-state index contributed by atoms with van der Waals surface area (Å²) in [6, 6.07) is 1.87. The van der Waals surface area contributed by atoms with Gasteiger partial charge in [-0.2, -0.15) is 0 Å². The summed E-state index contributed by atoms with van der Waals surface area (Å²) >= 11 is 3.40. The van der Waals surface area contributed by atoms with Crippen molar-refractivity contribution < 1.29 is 4.79 Å². The highest BCUT2D eigenvalue weighted by atomic mass is 79.9. The molecule has 0 atom stereocenters. The minimum atomic E-state index is 0.0709.